The fourth-order valence-electron chi connectivity index (χ4n) is 1.66. The number of furan rings is 1. The highest BCUT2D eigenvalue weighted by Crippen LogP contribution is 2.28. The number of halogens is 2. The Labute approximate surface area is 123 Å². The quantitative estimate of drug-likeness (QED) is 0.875. The molecular weight excluding hydrogens is 353 g/mol. The molecule has 8 heteroatoms. The molecule has 1 aromatic carbocycles. The highest BCUT2D eigenvalue weighted by atomic mass is 79.9. The Kier molecular flexibility index (Phi) is 4.17. The lowest BCUT2D eigenvalue weighted by Gasteiger charge is -2.07. The van der Waals surface area contributed by atoms with Crippen molar-refractivity contribution in [1.82, 2.24) is 0 Å². The highest BCUT2D eigenvalue weighted by molar-refractivity contribution is 9.10. The summed E-state index contributed by atoms with van der Waals surface area (Å²) in [5.41, 5.74) is 0.700. The van der Waals surface area contributed by atoms with Gasteiger partial charge in [0.05, 0.1) is 5.69 Å². The molecule has 2 N–H and O–H groups in total. The van der Waals surface area contributed by atoms with E-state index < -0.39 is 22.4 Å². The maximum atomic E-state index is 13.2. The van der Waals surface area contributed by atoms with Gasteiger partial charge in [-0.05, 0) is 46.6 Å². The van der Waals surface area contributed by atoms with Crippen molar-refractivity contribution in [3.05, 3.63) is 46.1 Å². The predicted octanol–water partition coefficient (Wildman–Crippen LogP) is 2.78. The van der Waals surface area contributed by atoms with Gasteiger partial charge in [-0.1, -0.05) is 0 Å². The number of hydrogen-bond acceptors (Lipinski definition) is 4. The van der Waals surface area contributed by atoms with Crippen LogP contribution < -0.4 is 4.72 Å². The average molecular weight is 364 g/mol. The second-order valence-electron chi connectivity index (χ2n) is 4.13. The van der Waals surface area contributed by atoms with E-state index in [0.29, 0.717) is 5.56 Å². The second kappa shape index (κ2) is 5.55. The minimum Gasteiger partial charge on any atom is -0.450 e. The van der Waals surface area contributed by atoms with E-state index in [9.17, 15) is 12.8 Å². The molecule has 0 aliphatic heterocycles. The van der Waals surface area contributed by atoms with Crippen molar-refractivity contribution in [2.75, 3.05) is 4.72 Å². The highest BCUT2D eigenvalue weighted by Gasteiger charge is 2.22. The first-order chi connectivity index (χ1) is 9.31. The molecule has 0 radical (unpaired) electrons. The summed E-state index contributed by atoms with van der Waals surface area (Å²) in [4.78, 5) is -0.163. The van der Waals surface area contributed by atoms with Gasteiger partial charge in [-0.2, -0.15) is 0 Å². The topological polar surface area (TPSA) is 79.5 Å². The zero-order valence-electron chi connectivity index (χ0n) is 10.4. The largest absolute Gasteiger partial charge is 0.450 e. The van der Waals surface area contributed by atoms with Gasteiger partial charge in [0.25, 0.3) is 10.0 Å². The van der Waals surface area contributed by atoms with Gasteiger partial charge in [-0.3, -0.25) is 4.72 Å². The molecule has 5 nitrogen and oxygen atoms in total. The van der Waals surface area contributed by atoms with Crippen LogP contribution in [0.15, 0.2) is 38.2 Å². The van der Waals surface area contributed by atoms with Gasteiger partial charge >= 0.3 is 0 Å². The van der Waals surface area contributed by atoms with E-state index in [-0.39, 0.29) is 21.0 Å². The Morgan fingerprint density at radius 3 is 2.60 bits per heavy atom. The molecule has 0 aliphatic rings. The zero-order chi connectivity index (χ0) is 14.9. The third-order valence-corrected chi connectivity index (χ3v) is 4.68. The fraction of sp³-hybridized carbons (Fsp3) is 0.167. The van der Waals surface area contributed by atoms with Crippen molar-refractivity contribution < 1.29 is 22.3 Å². The van der Waals surface area contributed by atoms with Crippen LogP contribution >= 0.6 is 15.9 Å². The van der Waals surface area contributed by atoms with Gasteiger partial charge in [0.1, 0.15) is 23.1 Å². The van der Waals surface area contributed by atoms with Crippen molar-refractivity contribution in [3.8, 4) is 0 Å². The lowest BCUT2D eigenvalue weighted by Crippen LogP contribution is -2.13. The average Bonchev–Trinajstić information content (AvgIpc) is 2.69. The molecule has 0 unspecified atom stereocenters. The summed E-state index contributed by atoms with van der Waals surface area (Å²) in [7, 11) is -3.94. The number of aliphatic hydroxyl groups is 1. The number of aryl methyl sites for hydroxylation is 1. The molecule has 0 aliphatic carbocycles. The molecule has 0 saturated heterocycles. The normalized spacial score (nSPS) is 11.6. The second-order valence-corrected chi connectivity index (χ2v) is 6.50. The Bertz CT molecular complexity index is 722. The van der Waals surface area contributed by atoms with Crippen molar-refractivity contribution in [1.29, 1.82) is 0 Å². The number of sulfonamides is 1. The van der Waals surface area contributed by atoms with E-state index in [2.05, 4.69) is 20.7 Å². The summed E-state index contributed by atoms with van der Waals surface area (Å²) in [5.74, 6) is -0.433. The van der Waals surface area contributed by atoms with Gasteiger partial charge in [-0.25, -0.2) is 12.8 Å². The molecule has 20 heavy (non-hydrogen) atoms. The summed E-state index contributed by atoms with van der Waals surface area (Å²) in [5, 5.41) is 8.92. The molecule has 108 valence electrons. The lowest BCUT2D eigenvalue weighted by atomic mass is 10.2. The van der Waals surface area contributed by atoms with E-state index in [0.717, 1.165) is 6.07 Å². The van der Waals surface area contributed by atoms with Crippen LogP contribution in [0, 0.1) is 12.7 Å². The van der Waals surface area contributed by atoms with Crippen molar-refractivity contribution >= 4 is 31.6 Å². The third-order valence-electron chi connectivity index (χ3n) is 2.45. The smallest absolute Gasteiger partial charge is 0.266 e. The Hall–Kier alpha value is -1.38. The Morgan fingerprint density at radius 2 is 2.05 bits per heavy atom. The van der Waals surface area contributed by atoms with Gasteiger partial charge in [0.15, 0.2) is 4.67 Å². The van der Waals surface area contributed by atoms with E-state index in [1.165, 1.54) is 18.2 Å². The minimum atomic E-state index is -3.94. The van der Waals surface area contributed by atoms with Crippen LogP contribution in [0.4, 0.5) is 10.1 Å². The fourth-order valence-corrected chi connectivity index (χ4v) is 3.70. The van der Waals surface area contributed by atoms with E-state index >= 15 is 0 Å². The molecule has 0 spiro atoms. The standard InChI is InChI=1S/C12H11BrFNO4S/c1-7-2-8(14)4-9(3-7)15-20(17,18)11-5-10(6-16)19-12(11)13/h2-5,15-16H,6H2,1H3. The first-order valence-electron chi connectivity index (χ1n) is 5.51. The number of nitrogens with one attached hydrogen (secondary N) is 1. The molecule has 1 aromatic heterocycles. The van der Waals surface area contributed by atoms with Crippen molar-refractivity contribution in [2.45, 2.75) is 18.4 Å². The van der Waals surface area contributed by atoms with Crippen LogP contribution in [0.3, 0.4) is 0 Å². The summed E-state index contributed by atoms with van der Waals surface area (Å²) in [6, 6.07) is 5.06. The third kappa shape index (κ3) is 3.20. The summed E-state index contributed by atoms with van der Waals surface area (Å²) in [6.45, 7) is 1.23. The van der Waals surface area contributed by atoms with Gasteiger partial charge in [-0.15, -0.1) is 0 Å². The molecule has 0 saturated carbocycles. The van der Waals surface area contributed by atoms with Gasteiger partial charge in [0, 0.05) is 6.07 Å². The molecule has 0 fully saturated rings. The number of rotatable bonds is 4. The summed E-state index contributed by atoms with van der Waals surface area (Å²) >= 11 is 2.97. The van der Waals surface area contributed by atoms with Crippen molar-refractivity contribution in [3.63, 3.8) is 0 Å². The van der Waals surface area contributed by atoms with Crippen LogP contribution in [0.2, 0.25) is 0 Å². The van der Waals surface area contributed by atoms with E-state index in [1.807, 2.05) is 0 Å². The monoisotopic (exact) mass is 363 g/mol. The molecule has 1 heterocycles. The molecular formula is C12H11BrFNO4S. The van der Waals surface area contributed by atoms with Crippen LogP contribution in [-0.4, -0.2) is 13.5 Å². The van der Waals surface area contributed by atoms with Gasteiger partial charge < -0.3 is 9.52 Å². The summed E-state index contributed by atoms with van der Waals surface area (Å²) < 4.78 is 44.8. The van der Waals surface area contributed by atoms with Gasteiger partial charge in [0.2, 0.25) is 0 Å². The number of aliphatic hydroxyl groups excluding tert-OH is 1. The van der Waals surface area contributed by atoms with Crippen LogP contribution in [0.1, 0.15) is 11.3 Å². The maximum Gasteiger partial charge on any atom is 0.266 e. The Balaban J connectivity index is 2.37. The predicted molar refractivity (Wildman–Crippen MR) is 74.3 cm³/mol. The molecule has 2 rings (SSSR count). The first-order valence-corrected chi connectivity index (χ1v) is 7.78. The summed E-state index contributed by atoms with van der Waals surface area (Å²) in [6.07, 6.45) is 0. The maximum absolute atomic E-state index is 13.2. The Morgan fingerprint density at radius 1 is 1.35 bits per heavy atom. The van der Waals surface area contributed by atoms with Crippen LogP contribution in [-0.2, 0) is 16.6 Å². The molecule has 0 atom stereocenters. The molecule has 0 amide bonds. The first kappa shape index (κ1) is 15.0. The zero-order valence-corrected chi connectivity index (χ0v) is 12.8. The number of benzene rings is 1. The van der Waals surface area contributed by atoms with Crippen molar-refractivity contribution in [2.24, 2.45) is 0 Å². The van der Waals surface area contributed by atoms with Crippen LogP contribution in [0.5, 0.6) is 0 Å². The van der Waals surface area contributed by atoms with E-state index in [4.69, 9.17) is 9.52 Å². The van der Waals surface area contributed by atoms with Crippen LogP contribution in [0.25, 0.3) is 0 Å². The van der Waals surface area contributed by atoms with E-state index in [1.54, 1.807) is 6.92 Å². The molecule has 0 bridgehead atoms. The number of anilines is 1. The number of hydrogen-bond donors (Lipinski definition) is 2. The molecule has 2 aromatic rings. The minimum absolute atomic E-state index is 0.0258. The lowest BCUT2D eigenvalue weighted by molar-refractivity contribution is 0.245. The SMILES string of the molecule is Cc1cc(F)cc(NS(=O)(=O)c2cc(CO)oc2Br)c1.